The van der Waals surface area contributed by atoms with E-state index in [9.17, 15) is 4.39 Å². The van der Waals surface area contributed by atoms with Crippen LogP contribution in [-0.2, 0) is 13.0 Å². The molecule has 112 valence electrons. The lowest BCUT2D eigenvalue weighted by Crippen LogP contribution is -2.33. The minimum atomic E-state index is -0.305. The van der Waals surface area contributed by atoms with Crippen molar-refractivity contribution in [2.45, 2.75) is 31.8 Å². The summed E-state index contributed by atoms with van der Waals surface area (Å²) in [5, 5.41) is 12.3. The van der Waals surface area contributed by atoms with Crippen molar-refractivity contribution < 1.29 is 4.39 Å². The van der Waals surface area contributed by atoms with Gasteiger partial charge in [0.15, 0.2) is 0 Å². The van der Waals surface area contributed by atoms with Crippen molar-refractivity contribution in [3.8, 4) is 6.07 Å². The monoisotopic (exact) mass is 294 g/mol. The number of nitriles is 1. The molecular formula is C19H19FN2. The van der Waals surface area contributed by atoms with E-state index in [0.29, 0.717) is 29.6 Å². The molecule has 22 heavy (non-hydrogen) atoms. The Bertz CT molecular complexity index is 672. The molecule has 0 spiro atoms. The predicted octanol–water partition coefficient (Wildman–Crippen LogP) is 3.81. The molecule has 0 unspecified atom stereocenters. The van der Waals surface area contributed by atoms with Crippen molar-refractivity contribution in [1.29, 1.82) is 5.26 Å². The normalized spacial score (nSPS) is 15.3. The minimum absolute atomic E-state index is 0.305. The van der Waals surface area contributed by atoms with Crippen LogP contribution in [0.5, 0.6) is 0 Å². The van der Waals surface area contributed by atoms with Crippen molar-refractivity contribution in [2.24, 2.45) is 5.92 Å². The van der Waals surface area contributed by atoms with Crippen LogP contribution >= 0.6 is 0 Å². The van der Waals surface area contributed by atoms with E-state index in [2.05, 4.69) is 29.6 Å². The SMILES string of the molecule is N#Cc1ccc(CN[C@H](Cc2ccccc2)C2CC2)c(F)c1. The number of hydrogen-bond acceptors (Lipinski definition) is 2. The van der Waals surface area contributed by atoms with E-state index < -0.39 is 0 Å². The highest BCUT2D eigenvalue weighted by Crippen LogP contribution is 2.34. The zero-order chi connectivity index (χ0) is 15.4. The largest absolute Gasteiger partial charge is 0.309 e. The smallest absolute Gasteiger partial charge is 0.129 e. The van der Waals surface area contributed by atoms with Crippen LogP contribution in [0, 0.1) is 23.1 Å². The average Bonchev–Trinajstić information content (AvgIpc) is 3.38. The second-order valence-electron chi connectivity index (χ2n) is 5.93. The Morgan fingerprint density at radius 2 is 1.95 bits per heavy atom. The third-order valence-electron chi connectivity index (χ3n) is 4.23. The molecule has 3 heteroatoms. The summed E-state index contributed by atoms with van der Waals surface area (Å²) < 4.78 is 13.9. The van der Waals surface area contributed by atoms with Gasteiger partial charge < -0.3 is 5.32 Å². The van der Waals surface area contributed by atoms with Gasteiger partial charge in [0.25, 0.3) is 0 Å². The van der Waals surface area contributed by atoms with Crippen molar-refractivity contribution >= 4 is 0 Å². The van der Waals surface area contributed by atoms with Gasteiger partial charge in [0, 0.05) is 18.2 Å². The summed E-state index contributed by atoms with van der Waals surface area (Å²) in [5.41, 5.74) is 2.30. The first-order chi connectivity index (χ1) is 10.8. The zero-order valence-electron chi connectivity index (χ0n) is 12.4. The van der Waals surface area contributed by atoms with Gasteiger partial charge in [0.05, 0.1) is 11.6 Å². The molecule has 0 saturated heterocycles. The third-order valence-corrected chi connectivity index (χ3v) is 4.23. The second kappa shape index (κ2) is 6.72. The molecule has 0 bridgehead atoms. The van der Waals surface area contributed by atoms with E-state index in [1.54, 1.807) is 12.1 Å². The van der Waals surface area contributed by atoms with Crippen LogP contribution in [0.2, 0.25) is 0 Å². The molecule has 1 fully saturated rings. The van der Waals surface area contributed by atoms with Gasteiger partial charge in [-0.1, -0.05) is 36.4 Å². The van der Waals surface area contributed by atoms with Crippen LogP contribution in [0.15, 0.2) is 48.5 Å². The van der Waals surface area contributed by atoms with Crippen LogP contribution in [-0.4, -0.2) is 6.04 Å². The highest BCUT2D eigenvalue weighted by Gasteiger charge is 2.30. The second-order valence-corrected chi connectivity index (χ2v) is 5.93. The van der Waals surface area contributed by atoms with Crippen LogP contribution in [0.4, 0.5) is 4.39 Å². The highest BCUT2D eigenvalue weighted by molar-refractivity contribution is 5.32. The standard InChI is InChI=1S/C19H19FN2/c20-18-10-15(12-21)6-7-17(18)13-22-19(16-8-9-16)11-14-4-2-1-3-5-14/h1-7,10,16,19,22H,8-9,11,13H2/t19-/m1/s1. The Morgan fingerprint density at radius 1 is 1.18 bits per heavy atom. The number of nitrogens with one attached hydrogen (secondary N) is 1. The molecule has 0 aromatic heterocycles. The number of halogens is 1. The fourth-order valence-electron chi connectivity index (χ4n) is 2.77. The molecule has 1 atom stereocenters. The number of nitrogens with zero attached hydrogens (tertiary/aromatic N) is 1. The van der Waals surface area contributed by atoms with Crippen molar-refractivity contribution in [3.63, 3.8) is 0 Å². The molecule has 2 nitrogen and oxygen atoms in total. The average molecular weight is 294 g/mol. The molecule has 0 radical (unpaired) electrons. The Morgan fingerprint density at radius 3 is 2.59 bits per heavy atom. The molecule has 1 aliphatic rings. The number of hydrogen-bond donors (Lipinski definition) is 1. The summed E-state index contributed by atoms with van der Waals surface area (Å²) in [6.07, 6.45) is 3.48. The Labute approximate surface area is 130 Å². The maximum Gasteiger partial charge on any atom is 0.129 e. The molecule has 2 aromatic carbocycles. The van der Waals surface area contributed by atoms with E-state index in [1.807, 2.05) is 12.1 Å². The van der Waals surface area contributed by atoms with E-state index in [1.165, 1.54) is 24.5 Å². The van der Waals surface area contributed by atoms with Crippen molar-refractivity contribution in [2.75, 3.05) is 0 Å². The quantitative estimate of drug-likeness (QED) is 0.879. The van der Waals surface area contributed by atoms with Gasteiger partial charge in [-0.05, 0) is 42.9 Å². The van der Waals surface area contributed by atoms with Crippen LogP contribution in [0.25, 0.3) is 0 Å². The van der Waals surface area contributed by atoms with Crippen LogP contribution in [0.3, 0.4) is 0 Å². The van der Waals surface area contributed by atoms with Crippen LogP contribution < -0.4 is 5.32 Å². The zero-order valence-corrected chi connectivity index (χ0v) is 12.4. The molecule has 1 saturated carbocycles. The number of benzene rings is 2. The van der Waals surface area contributed by atoms with Gasteiger partial charge in [0.2, 0.25) is 0 Å². The summed E-state index contributed by atoms with van der Waals surface area (Å²) in [7, 11) is 0. The van der Waals surface area contributed by atoms with E-state index in [0.717, 1.165) is 6.42 Å². The molecule has 0 aliphatic heterocycles. The molecular weight excluding hydrogens is 275 g/mol. The number of rotatable bonds is 6. The van der Waals surface area contributed by atoms with E-state index in [-0.39, 0.29) is 5.82 Å². The van der Waals surface area contributed by atoms with E-state index in [4.69, 9.17) is 5.26 Å². The molecule has 3 rings (SSSR count). The first-order valence-electron chi connectivity index (χ1n) is 7.72. The fourth-order valence-corrected chi connectivity index (χ4v) is 2.77. The first kappa shape index (κ1) is 14.7. The topological polar surface area (TPSA) is 35.8 Å². The summed E-state index contributed by atoms with van der Waals surface area (Å²) >= 11 is 0. The lowest BCUT2D eigenvalue weighted by atomic mass is 10.0. The third kappa shape index (κ3) is 3.72. The maximum atomic E-state index is 13.9. The van der Waals surface area contributed by atoms with Gasteiger partial charge >= 0.3 is 0 Å². The van der Waals surface area contributed by atoms with E-state index >= 15 is 0 Å². The summed E-state index contributed by atoms with van der Waals surface area (Å²) in [5.74, 6) is 0.391. The van der Waals surface area contributed by atoms with Gasteiger partial charge in [-0.2, -0.15) is 5.26 Å². The predicted molar refractivity (Wildman–Crippen MR) is 84.6 cm³/mol. The fraction of sp³-hybridized carbons (Fsp3) is 0.316. The molecule has 0 amide bonds. The summed E-state index contributed by atoms with van der Waals surface area (Å²) in [4.78, 5) is 0. The van der Waals surface area contributed by atoms with Gasteiger partial charge in [0.1, 0.15) is 5.82 Å². The lowest BCUT2D eigenvalue weighted by molar-refractivity contribution is 0.451. The molecule has 0 heterocycles. The van der Waals surface area contributed by atoms with Crippen molar-refractivity contribution in [1.82, 2.24) is 5.32 Å². The Hall–Kier alpha value is -2.18. The molecule has 2 aromatic rings. The highest BCUT2D eigenvalue weighted by atomic mass is 19.1. The van der Waals surface area contributed by atoms with Gasteiger partial charge in [-0.25, -0.2) is 4.39 Å². The summed E-state index contributed by atoms with van der Waals surface area (Å²) in [6.45, 7) is 0.505. The summed E-state index contributed by atoms with van der Waals surface area (Å²) in [6, 6.07) is 17.4. The Balaban J connectivity index is 1.64. The van der Waals surface area contributed by atoms with Crippen molar-refractivity contribution in [3.05, 3.63) is 71.0 Å². The maximum absolute atomic E-state index is 13.9. The van der Waals surface area contributed by atoms with Gasteiger partial charge in [-0.15, -0.1) is 0 Å². The molecule has 1 N–H and O–H groups in total. The minimum Gasteiger partial charge on any atom is -0.309 e. The first-order valence-corrected chi connectivity index (χ1v) is 7.72. The Kier molecular flexibility index (Phi) is 4.50. The molecule has 1 aliphatic carbocycles. The van der Waals surface area contributed by atoms with Gasteiger partial charge in [-0.3, -0.25) is 0 Å². The van der Waals surface area contributed by atoms with Crippen LogP contribution in [0.1, 0.15) is 29.5 Å². The lowest BCUT2D eigenvalue weighted by Gasteiger charge is -2.19.